The number of aryl methyl sites for hydroxylation is 1. The summed E-state index contributed by atoms with van der Waals surface area (Å²) in [7, 11) is 1.56. The predicted molar refractivity (Wildman–Crippen MR) is 82.8 cm³/mol. The number of amides is 1. The fraction of sp³-hybridized carbons (Fsp3) is 0.438. The van der Waals surface area contributed by atoms with Gasteiger partial charge in [0.05, 0.1) is 20.3 Å². The minimum absolute atomic E-state index is 0.107. The van der Waals surface area contributed by atoms with E-state index in [4.69, 9.17) is 18.7 Å². The number of aromatic nitrogens is 2. The molecule has 1 aromatic heterocycles. The van der Waals surface area contributed by atoms with Crippen molar-refractivity contribution >= 4 is 5.91 Å². The highest BCUT2D eigenvalue weighted by Crippen LogP contribution is 2.27. The Balaban J connectivity index is 1.68. The monoisotopic (exact) mass is 333 g/mol. The normalized spacial score (nSPS) is 17.6. The number of benzene rings is 1. The van der Waals surface area contributed by atoms with Crippen LogP contribution in [0.1, 0.15) is 17.8 Å². The Hall–Kier alpha value is -2.61. The molecule has 8 nitrogen and oxygen atoms in total. The molecular weight excluding hydrogens is 314 g/mol. The second-order valence-electron chi connectivity index (χ2n) is 5.30. The number of nitrogens with zero attached hydrogens (tertiary/aromatic N) is 3. The molecule has 1 aromatic carbocycles. The first-order valence-corrected chi connectivity index (χ1v) is 7.62. The number of ether oxygens (including phenoxy) is 3. The maximum Gasteiger partial charge on any atom is 0.261 e. The minimum atomic E-state index is -0.395. The van der Waals surface area contributed by atoms with Crippen LogP contribution in [0, 0.1) is 6.92 Å². The number of carbonyl (C=O) groups excluding carboxylic acids is 1. The van der Waals surface area contributed by atoms with Crippen molar-refractivity contribution in [3.05, 3.63) is 36.0 Å². The lowest BCUT2D eigenvalue weighted by molar-refractivity contribution is -0.143. The van der Waals surface area contributed by atoms with Crippen molar-refractivity contribution in [1.29, 1.82) is 0 Å². The van der Waals surface area contributed by atoms with E-state index in [2.05, 4.69) is 10.1 Å². The van der Waals surface area contributed by atoms with Gasteiger partial charge in [0, 0.05) is 6.54 Å². The third-order valence-electron chi connectivity index (χ3n) is 3.70. The first-order valence-electron chi connectivity index (χ1n) is 7.62. The van der Waals surface area contributed by atoms with E-state index < -0.39 is 6.04 Å². The Kier molecular flexibility index (Phi) is 4.95. The van der Waals surface area contributed by atoms with Crippen LogP contribution in [0.15, 0.2) is 28.8 Å². The lowest BCUT2D eigenvalue weighted by atomic mass is 10.2. The van der Waals surface area contributed by atoms with Gasteiger partial charge in [-0.1, -0.05) is 17.3 Å². The second kappa shape index (κ2) is 7.31. The predicted octanol–water partition coefficient (Wildman–Crippen LogP) is 1.37. The summed E-state index contributed by atoms with van der Waals surface area (Å²) in [4.78, 5) is 18.4. The van der Waals surface area contributed by atoms with Gasteiger partial charge >= 0.3 is 0 Å². The molecule has 0 N–H and O–H groups in total. The molecule has 1 amide bonds. The molecular formula is C16H19N3O5. The van der Waals surface area contributed by atoms with Gasteiger partial charge in [0.15, 0.2) is 23.9 Å². The number of para-hydroxylation sites is 2. The van der Waals surface area contributed by atoms with E-state index in [1.807, 2.05) is 12.1 Å². The van der Waals surface area contributed by atoms with Crippen LogP contribution in [0.4, 0.5) is 0 Å². The number of hydrogen-bond acceptors (Lipinski definition) is 7. The third-order valence-corrected chi connectivity index (χ3v) is 3.70. The number of morpholine rings is 1. The molecule has 1 aliphatic heterocycles. The molecule has 0 saturated carbocycles. The van der Waals surface area contributed by atoms with Crippen LogP contribution < -0.4 is 9.47 Å². The van der Waals surface area contributed by atoms with Crippen molar-refractivity contribution in [3.63, 3.8) is 0 Å². The van der Waals surface area contributed by atoms with Crippen LogP contribution in [-0.4, -0.2) is 54.4 Å². The average molecular weight is 333 g/mol. The molecule has 0 spiro atoms. The highest BCUT2D eigenvalue weighted by atomic mass is 16.5. The Labute approximate surface area is 139 Å². The lowest BCUT2D eigenvalue weighted by Crippen LogP contribution is -2.45. The maximum absolute atomic E-state index is 12.6. The zero-order chi connectivity index (χ0) is 16.9. The summed E-state index contributed by atoms with van der Waals surface area (Å²) in [6, 6.07) is 6.79. The van der Waals surface area contributed by atoms with Crippen LogP contribution >= 0.6 is 0 Å². The van der Waals surface area contributed by atoms with Crippen molar-refractivity contribution in [2.45, 2.75) is 13.0 Å². The summed E-state index contributed by atoms with van der Waals surface area (Å²) in [5.41, 5.74) is 0. The smallest absolute Gasteiger partial charge is 0.261 e. The molecule has 24 heavy (non-hydrogen) atoms. The van der Waals surface area contributed by atoms with Crippen molar-refractivity contribution in [3.8, 4) is 11.5 Å². The summed E-state index contributed by atoms with van der Waals surface area (Å²) in [5.74, 6) is 1.82. The maximum atomic E-state index is 12.6. The first kappa shape index (κ1) is 16.3. The van der Waals surface area contributed by atoms with Gasteiger partial charge in [0.2, 0.25) is 0 Å². The van der Waals surface area contributed by atoms with Gasteiger partial charge in [0.1, 0.15) is 6.04 Å². The summed E-state index contributed by atoms with van der Waals surface area (Å²) in [6.07, 6.45) is 0. The van der Waals surface area contributed by atoms with Gasteiger partial charge in [0.25, 0.3) is 11.8 Å². The van der Waals surface area contributed by atoms with Crippen molar-refractivity contribution in [2.24, 2.45) is 0 Å². The fourth-order valence-electron chi connectivity index (χ4n) is 2.52. The lowest BCUT2D eigenvalue weighted by Gasteiger charge is -2.33. The summed E-state index contributed by atoms with van der Waals surface area (Å²) < 4.78 is 21.5. The number of rotatable bonds is 5. The van der Waals surface area contributed by atoms with E-state index in [0.29, 0.717) is 43.0 Å². The molecule has 2 heterocycles. The Morgan fingerprint density at radius 1 is 1.38 bits per heavy atom. The molecule has 1 aliphatic rings. The highest BCUT2D eigenvalue weighted by molar-refractivity contribution is 5.78. The highest BCUT2D eigenvalue weighted by Gasteiger charge is 2.32. The average Bonchev–Trinajstić information content (AvgIpc) is 3.06. The van der Waals surface area contributed by atoms with Crippen LogP contribution in [0.5, 0.6) is 11.5 Å². The van der Waals surface area contributed by atoms with Gasteiger partial charge in [-0.25, -0.2) is 0 Å². The van der Waals surface area contributed by atoms with Gasteiger partial charge < -0.3 is 23.6 Å². The molecule has 1 saturated heterocycles. The number of methoxy groups -OCH3 is 1. The van der Waals surface area contributed by atoms with Crippen LogP contribution in [-0.2, 0) is 9.53 Å². The molecule has 2 aromatic rings. The van der Waals surface area contributed by atoms with Crippen LogP contribution in [0.2, 0.25) is 0 Å². The third kappa shape index (κ3) is 3.48. The van der Waals surface area contributed by atoms with E-state index in [1.54, 1.807) is 31.1 Å². The Morgan fingerprint density at radius 3 is 2.88 bits per heavy atom. The standard InChI is InChI=1S/C16H19N3O5/c1-11-17-16(24-18-11)12-9-22-8-7-19(12)15(20)10-23-14-6-4-3-5-13(14)21-2/h3-6,12H,7-10H2,1-2H3. The zero-order valence-electron chi connectivity index (χ0n) is 13.6. The summed E-state index contributed by atoms with van der Waals surface area (Å²) >= 11 is 0. The summed E-state index contributed by atoms with van der Waals surface area (Å²) in [5, 5.41) is 3.77. The van der Waals surface area contributed by atoms with Crippen molar-refractivity contribution in [1.82, 2.24) is 15.0 Å². The molecule has 1 fully saturated rings. The van der Waals surface area contributed by atoms with Gasteiger partial charge in [-0.15, -0.1) is 0 Å². The number of hydrogen-bond donors (Lipinski definition) is 0. The molecule has 3 rings (SSSR count). The molecule has 128 valence electrons. The molecule has 0 bridgehead atoms. The van der Waals surface area contributed by atoms with Crippen molar-refractivity contribution in [2.75, 3.05) is 33.5 Å². The molecule has 1 unspecified atom stereocenters. The van der Waals surface area contributed by atoms with E-state index >= 15 is 0 Å². The summed E-state index contributed by atoms with van der Waals surface area (Å²) in [6.45, 7) is 2.85. The topological polar surface area (TPSA) is 86.9 Å². The van der Waals surface area contributed by atoms with Crippen molar-refractivity contribution < 1.29 is 23.5 Å². The second-order valence-corrected chi connectivity index (χ2v) is 5.30. The van der Waals surface area contributed by atoms with Gasteiger partial charge in [-0.05, 0) is 19.1 Å². The number of carbonyl (C=O) groups is 1. The van der Waals surface area contributed by atoms with Crippen LogP contribution in [0.25, 0.3) is 0 Å². The van der Waals surface area contributed by atoms with Gasteiger partial charge in [-0.3, -0.25) is 4.79 Å². The van der Waals surface area contributed by atoms with E-state index in [9.17, 15) is 4.79 Å². The molecule has 0 radical (unpaired) electrons. The zero-order valence-corrected chi connectivity index (χ0v) is 13.6. The van der Waals surface area contributed by atoms with Crippen LogP contribution in [0.3, 0.4) is 0 Å². The van der Waals surface area contributed by atoms with Gasteiger partial charge in [-0.2, -0.15) is 4.98 Å². The minimum Gasteiger partial charge on any atom is -0.493 e. The largest absolute Gasteiger partial charge is 0.493 e. The Morgan fingerprint density at radius 2 is 2.17 bits per heavy atom. The molecule has 1 atom stereocenters. The SMILES string of the molecule is COc1ccccc1OCC(=O)N1CCOCC1c1nc(C)no1. The Bertz CT molecular complexity index is 703. The first-order chi connectivity index (χ1) is 11.7. The van der Waals surface area contributed by atoms with E-state index in [1.165, 1.54) is 0 Å². The molecule has 8 heteroatoms. The quantitative estimate of drug-likeness (QED) is 0.816. The van der Waals surface area contributed by atoms with E-state index in [-0.39, 0.29) is 12.5 Å². The van der Waals surface area contributed by atoms with E-state index in [0.717, 1.165) is 0 Å². The fourth-order valence-corrected chi connectivity index (χ4v) is 2.52. The molecule has 0 aliphatic carbocycles.